The molecule has 0 aromatic carbocycles. The summed E-state index contributed by atoms with van der Waals surface area (Å²) in [5, 5.41) is 8.80. The fourth-order valence-electron chi connectivity index (χ4n) is 1.82. The minimum absolute atomic E-state index is 0.230. The van der Waals surface area contributed by atoms with Gasteiger partial charge >= 0.3 is 12.1 Å². The molecule has 0 atom stereocenters. The number of pyridine rings is 1. The van der Waals surface area contributed by atoms with Gasteiger partial charge in [-0.15, -0.1) is 0 Å². The number of rotatable bonds is 4. The topological polar surface area (TPSA) is 55.1 Å². The number of hydrogen-bond acceptors (Lipinski definition) is 2. The van der Waals surface area contributed by atoms with Crippen LogP contribution < -0.4 is 0 Å². The van der Waals surface area contributed by atoms with Crippen molar-refractivity contribution in [3.8, 4) is 0 Å². The molecule has 0 saturated carbocycles. The molecule has 2 aromatic heterocycles. The van der Waals surface area contributed by atoms with Crippen LogP contribution in [0.3, 0.4) is 0 Å². The third kappa shape index (κ3) is 3.17. The lowest BCUT2D eigenvalue weighted by atomic mass is 10.2. The van der Waals surface area contributed by atoms with Gasteiger partial charge in [0.25, 0.3) is 0 Å². The third-order valence-electron chi connectivity index (χ3n) is 2.77. The molecular weight excluding hydrogens is 273 g/mol. The van der Waals surface area contributed by atoms with Crippen molar-refractivity contribution in [3.05, 3.63) is 53.6 Å². The number of halogens is 3. The Labute approximate surface area is 112 Å². The molecule has 0 spiro atoms. The average molecular weight is 284 g/mol. The second-order valence-electron chi connectivity index (χ2n) is 4.20. The Kier molecular flexibility index (Phi) is 3.78. The molecule has 7 heteroatoms. The van der Waals surface area contributed by atoms with Gasteiger partial charge in [-0.3, -0.25) is 4.98 Å². The maximum Gasteiger partial charge on any atom is 0.418 e. The minimum Gasteiger partial charge on any atom is -0.478 e. The predicted octanol–water partition coefficient (Wildman–Crippen LogP) is 2.84. The van der Waals surface area contributed by atoms with Crippen LogP contribution in [-0.4, -0.2) is 20.6 Å². The van der Waals surface area contributed by atoms with Gasteiger partial charge in [-0.05, 0) is 12.1 Å². The van der Waals surface area contributed by atoms with E-state index in [1.165, 1.54) is 4.57 Å². The summed E-state index contributed by atoms with van der Waals surface area (Å²) >= 11 is 0. The van der Waals surface area contributed by atoms with E-state index in [1.807, 2.05) is 0 Å². The number of aromatic nitrogens is 2. The van der Waals surface area contributed by atoms with E-state index in [0.717, 1.165) is 18.1 Å². The Morgan fingerprint density at radius 1 is 1.30 bits per heavy atom. The number of aromatic carboxylic acids is 1. The molecule has 0 bridgehead atoms. The maximum atomic E-state index is 12.7. The highest BCUT2D eigenvalue weighted by atomic mass is 19.4. The van der Waals surface area contributed by atoms with Crippen LogP contribution in [0, 0.1) is 0 Å². The number of carboxylic acid groups (broad SMARTS) is 1. The van der Waals surface area contributed by atoms with Gasteiger partial charge in [0, 0.05) is 37.3 Å². The molecule has 0 aliphatic rings. The highest BCUT2D eigenvalue weighted by molar-refractivity contribution is 5.89. The van der Waals surface area contributed by atoms with Crippen LogP contribution in [0.1, 0.15) is 21.6 Å². The lowest BCUT2D eigenvalue weighted by Gasteiger charge is -2.04. The standard InChI is InChI=1S/C13H11F3N2O2/c14-13(15,16)11-8-18(7-10(11)12(19)20)6-4-9-3-1-2-5-17-9/h1-3,5,7-8H,4,6H2,(H,19,20). The third-order valence-corrected chi connectivity index (χ3v) is 2.77. The first-order valence-corrected chi connectivity index (χ1v) is 5.78. The zero-order valence-electron chi connectivity index (χ0n) is 10.3. The number of alkyl halides is 3. The van der Waals surface area contributed by atoms with Gasteiger partial charge in [-0.25, -0.2) is 4.79 Å². The van der Waals surface area contributed by atoms with Crippen molar-refractivity contribution < 1.29 is 23.1 Å². The molecule has 0 radical (unpaired) electrons. The minimum atomic E-state index is -4.68. The van der Waals surface area contributed by atoms with Gasteiger partial charge in [0.2, 0.25) is 0 Å². The Hall–Kier alpha value is -2.31. The van der Waals surface area contributed by atoms with Crippen molar-refractivity contribution in [1.82, 2.24) is 9.55 Å². The van der Waals surface area contributed by atoms with Gasteiger partial charge in [-0.2, -0.15) is 13.2 Å². The fourth-order valence-corrected chi connectivity index (χ4v) is 1.82. The highest BCUT2D eigenvalue weighted by Gasteiger charge is 2.36. The van der Waals surface area contributed by atoms with E-state index < -0.39 is 23.3 Å². The zero-order chi connectivity index (χ0) is 14.8. The predicted molar refractivity (Wildman–Crippen MR) is 64.3 cm³/mol. The number of nitrogens with zero attached hydrogens (tertiary/aromatic N) is 2. The summed E-state index contributed by atoms with van der Waals surface area (Å²) in [4.78, 5) is 14.9. The second-order valence-corrected chi connectivity index (χ2v) is 4.20. The van der Waals surface area contributed by atoms with Crippen LogP contribution in [0.15, 0.2) is 36.8 Å². The van der Waals surface area contributed by atoms with Crippen LogP contribution in [0.2, 0.25) is 0 Å². The average Bonchev–Trinajstić information content (AvgIpc) is 2.82. The van der Waals surface area contributed by atoms with E-state index in [0.29, 0.717) is 6.42 Å². The van der Waals surface area contributed by atoms with E-state index in [1.54, 1.807) is 24.4 Å². The molecule has 0 saturated heterocycles. The normalized spacial score (nSPS) is 11.6. The van der Waals surface area contributed by atoms with E-state index in [9.17, 15) is 18.0 Å². The molecule has 1 N–H and O–H groups in total. The van der Waals surface area contributed by atoms with Crippen LogP contribution in [-0.2, 0) is 19.1 Å². The molecule has 0 aliphatic carbocycles. The van der Waals surface area contributed by atoms with Gasteiger partial charge in [-0.1, -0.05) is 6.07 Å². The first-order chi connectivity index (χ1) is 9.38. The largest absolute Gasteiger partial charge is 0.478 e. The molecule has 106 valence electrons. The molecule has 2 heterocycles. The summed E-state index contributed by atoms with van der Waals surface area (Å²) in [5.74, 6) is -1.59. The number of hydrogen-bond donors (Lipinski definition) is 1. The molecule has 0 amide bonds. The lowest BCUT2D eigenvalue weighted by Crippen LogP contribution is -2.09. The first kappa shape index (κ1) is 14.1. The second kappa shape index (κ2) is 5.36. The summed E-state index contributed by atoms with van der Waals surface area (Å²) in [6.07, 6.45) is -0.856. The number of carbonyl (C=O) groups is 1. The summed E-state index contributed by atoms with van der Waals surface area (Å²) in [6, 6.07) is 5.28. The number of carboxylic acids is 1. The number of aryl methyl sites for hydroxylation is 2. The van der Waals surface area contributed by atoms with Crippen LogP contribution in [0.25, 0.3) is 0 Å². The van der Waals surface area contributed by atoms with E-state index in [-0.39, 0.29) is 6.54 Å². The quantitative estimate of drug-likeness (QED) is 0.939. The molecule has 0 unspecified atom stereocenters. The Morgan fingerprint density at radius 3 is 2.55 bits per heavy atom. The maximum absolute atomic E-state index is 12.7. The summed E-state index contributed by atoms with van der Waals surface area (Å²) < 4.78 is 39.3. The molecular formula is C13H11F3N2O2. The van der Waals surface area contributed by atoms with Crippen molar-refractivity contribution in [1.29, 1.82) is 0 Å². The highest BCUT2D eigenvalue weighted by Crippen LogP contribution is 2.32. The Morgan fingerprint density at radius 2 is 2.05 bits per heavy atom. The van der Waals surface area contributed by atoms with Crippen LogP contribution >= 0.6 is 0 Å². The van der Waals surface area contributed by atoms with Crippen molar-refractivity contribution in [3.63, 3.8) is 0 Å². The molecule has 0 fully saturated rings. The summed E-state index contributed by atoms with van der Waals surface area (Å²) in [7, 11) is 0. The van der Waals surface area contributed by atoms with Crippen molar-refractivity contribution >= 4 is 5.97 Å². The summed E-state index contributed by atoms with van der Waals surface area (Å²) in [5.41, 5.74) is -1.14. The first-order valence-electron chi connectivity index (χ1n) is 5.78. The van der Waals surface area contributed by atoms with Gasteiger partial charge in [0.05, 0.1) is 11.1 Å². The van der Waals surface area contributed by atoms with E-state index in [4.69, 9.17) is 5.11 Å². The van der Waals surface area contributed by atoms with Crippen LogP contribution in [0.4, 0.5) is 13.2 Å². The van der Waals surface area contributed by atoms with Gasteiger partial charge in [0.15, 0.2) is 0 Å². The lowest BCUT2D eigenvalue weighted by molar-refractivity contribution is -0.138. The Bertz CT molecular complexity index is 606. The Balaban J connectivity index is 2.19. The molecule has 20 heavy (non-hydrogen) atoms. The molecule has 4 nitrogen and oxygen atoms in total. The zero-order valence-corrected chi connectivity index (χ0v) is 10.3. The smallest absolute Gasteiger partial charge is 0.418 e. The monoisotopic (exact) mass is 284 g/mol. The SMILES string of the molecule is O=C(O)c1cn(CCc2ccccn2)cc1C(F)(F)F. The van der Waals surface area contributed by atoms with Crippen LogP contribution in [0.5, 0.6) is 0 Å². The fraction of sp³-hybridized carbons (Fsp3) is 0.231. The van der Waals surface area contributed by atoms with Gasteiger partial charge in [0.1, 0.15) is 0 Å². The summed E-state index contributed by atoms with van der Waals surface area (Å²) in [6.45, 7) is 0.230. The molecule has 2 rings (SSSR count). The van der Waals surface area contributed by atoms with E-state index >= 15 is 0 Å². The van der Waals surface area contributed by atoms with Crippen molar-refractivity contribution in [2.24, 2.45) is 0 Å². The van der Waals surface area contributed by atoms with Crippen molar-refractivity contribution in [2.45, 2.75) is 19.1 Å². The molecule has 0 aliphatic heterocycles. The molecule has 2 aromatic rings. The van der Waals surface area contributed by atoms with E-state index in [2.05, 4.69) is 4.98 Å². The van der Waals surface area contributed by atoms with Gasteiger partial charge < -0.3 is 9.67 Å². The van der Waals surface area contributed by atoms with Crippen molar-refractivity contribution in [2.75, 3.05) is 0 Å².